The highest BCUT2D eigenvalue weighted by molar-refractivity contribution is 7.89. The predicted molar refractivity (Wildman–Crippen MR) is 195 cm³/mol. The maximum absolute atomic E-state index is 16.1. The molecule has 16 heteroatoms. The molecule has 52 heavy (non-hydrogen) atoms. The molecule has 3 aliphatic heterocycles. The highest BCUT2D eigenvalue weighted by Gasteiger charge is 2.45. The summed E-state index contributed by atoms with van der Waals surface area (Å²) in [4.78, 5) is 35.6. The van der Waals surface area contributed by atoms with Gasteiger partial charge in [-0.15, -0.1) is 0 Å². The third kappa shape index (κ3) is 7.81. The van der Waals surface area contributed by atoms with Crippen LogP contribution in [-0.2, 0) is 25.5 Å². The van der Waals surface area contributed by atoms with Crippen LogP contribution in [0, 0.1) is 11.8 Å². The summed E-state index contributed by atoms with van der Waals surface area (Å²) < 4.78 is 60.4. The third-order valence-corrected chi connectivity index (χ3v) is 13.9. The largest absolute Gasteiger partial charge is 0.354 e. The zero-order valence-corrected chi connectivity index (χ0v) is 30.9. The summed E-state index contributed by atoms with van der Waals surface area (Å²) in [5, 5.41) is 3.16. The van der Waals surface area contributed by atoms with Crippen LogP contribution in [0.1, 0.15) is 63.4 Å². The quantitative estimate of drug-likeness (QED) is 0.326. The van der Waals surface area contributed by atoms with Crippen molar-refractivity contribution in [3.63, 3.8) is 0 Å². The second-order valence-corrected chi connectivity index (χ2v) is 17.6. The van der Waals surface area contributed by atoms with Crippen LogP contribution in [0.2, 0.25) is 5.15 Å². The maximum Gasteiger partial charge on any atom is 0.276 e. The minimum atomic E-state index is -3.83. The Morgan fingerprint density at radius 1 is 0.904 bits per heavy atom. The van der Waals surface area contributed by atoms with E-state index < -0.39 is 21.9 Å². The van der Waals surface area contributed by atoms with E-state index in [4.69, 9.17) is 23.1 Å². The lowest BCUT2D eigenvalue weighted by Crippen LogP contribution is -2.49. The van der Waals surface area contributed by atoms with E-state index in [2.05, 4.69) is 15.2 Å². The first-order chi connectivity index (χ1) is 24.8. The molecular formula is C36H49ClF2N8O4S. The van der Waals surface area contributed by atoms with Crippen molar-refractivity contribution in [3.8, 4) is 0 Å². The Morgan fingerprint density at radius 3 is 2.25 bits per heavy atom. The molecule has 5 aliphatic rings. The molecule has 2 aromatic rings. The summed E-state index contributed by atoms with van der Waals surface area (Å²) in [6.45, 7) is 3.04. The second kappa shape index (κ2) is 15.1. The molecule has 0 unspecified atom stereocenters. The number of alkyl halides is 2. The molecule has 0 spiro atoms. The number of rotatable bonds is 9. The Bertz CT molecular complexity index is 1740. The number of nitrogens with one attached hydrogen (secondary N) is 1. The number of benzene rings is 1. The fourth-order valence-corrected chi connectivity index (χ4v) is 10.4. The van der Waals surface area contributed by atoms with E-state index in [0.29, 0.717) is 31.1 Å². The molecule has 1 aromatic carbocycles. The molecule has 284 valence electrons. The Morgan fingerprint density at radius 2 is 1.62 bits per heavy atom. The summed E-state index contributed by atoms with van der Waals surface area (Å²) >= 11 is 6.31. The van der Waals surface area contributed by atoms with Crippen molar-refractivity contribution in [1.82, 2.24) is 19.5 Å². The van der Waals surface area contributed by atoms with E-state index in [1.54, 1.807) is 21.9 Å². The van der Waals surface area contributed by atoms with Crippen LogP contribution < -0.4 is 26.6 Å². The number of anilines is 2. The Balaban J connectivity index is 0.921. The number of hydrogen-bond donors (Lipinski definition) is 3. The number of pyridine rings is 1. The Labute approximate surface area is 309 Å². The number of aromatic nitrogens is 1. The van der Waals surface area contributed by atoms with Gasteiger partial charge in [0.05, 0.1) is 4.90 Å². The molecule has 7 rings (SSSR count). The van der Waals surface area contributed by atoms with E-state index in [9.17, 15) is 18.0 Å². The van der Waals surface area contributed by atoms with Gasteiger partial charge in [-0.25, -0.2) is 22.2 Å². The van der Waals surface area contributed by atoms with E-state index in [1.807, 2.05) is 0 Å². The fraction of sp³-hybridized carbons (Fsp3) is 0.639. The van der Waals surface area contributed by atoms with Gasteiger partial charge in [-0.1, -0.05) is 11.6 Å². The number of amides is 2. The number of nitrogens with two attached hydrogens (primary N) is 2. The number of nitrogens with zero attached hydrogens (tertiary/aromatic N) is 5. The molecule has 4 heterocycles. The fourth-order valence-electron chi connectivity index (χ4n) is 8.77. The molecule has 12 nitrogen and oxygen atoms in total. The minimum absolute atomic E-state index is 0.0262. The van der Waals surface area contributed by atoms with Crippen LogP contribution in [-0.4, -0.2) is 104 Å². The van der Waals surface area contributed by atoms with Gasteiger partial charge in [0.1, 0.15) is 11.0 Å². The molecule has 0 bridgehead atoms. The molecule has 2 saturated carbocycles. The number of sulfonamides is 1. The van der Waals surface area contributed by atoms with Gasteiger partial charge in [-0.2, -0.15) is 4.31 Å². The van der Waals surface area contributed by atoms with Crippen LogP contribution in [0.3, 0.4) is 0 Å². The third-order valence-electron chi connectivity index (χ3n) is 11.8. The minimum Gasteiger partial charge on any atom is -0.354 e. The number of carbonyl (C=O) groups excluding carboxylic acids is 2. The Kier molecular flexibility index (Phi) is 10.8. The van der Waals surface area contributed by atoms with Crippen LogP contribution in [0.5, 0.6) is 0 Å². The lowest BCUT2D eigenvalue weighted by Gasteiger charge is -2.36. The average Bonchev–Trinajstić information content (AvgIpc) is 3.87. The van der Waals surface area contributed by atoms with Gasteiger partial charge in [-0.05, 0) is 87.8 Å². The summed E-state index contributed by atoms with van der Waals surface area (Å²) in [6, 6.07) is 9.29. The number of halogens is 3. The number of piperazine rings is 1. The number of carbonyl (C=O) groups is 2. The topological polar surface area (TPSA) is 158 Å². The molecule has 1 aromatic heterocycles. The lowest BCUT2D eigenvalue weighted by atomic mass is 9.77. The highest BCUT2D eigenvalue weighted by Crippen LogP contribution is 2.46. The summed E-state index contributed by atoms with van der Waals surface area (Å²) in [5.41, 5.74) is 12.4. The van der Waals surface area contributed by atoms with Crippen LogP contribution in [0.25, 0.3) is 0 Å². The second-order valence-electron chi connectivity index (χ2n) is 15.3. The first-order valence-electron chi connectivity index (χ1n) is 18.5. The summed E-state index contributed by atoms with van der Waals surface area (Å²) in [6.07, 6.45) is 5.39. The highest BCUT2D eigenvalue weighted by atomic mass is 35.5. The van der Waals surface area contributed by atoms with E-state index in [1.165, 1.54) is 28.6 Å². The van der Waals surface area contributed by atoms with E-state index >= 15 is 8.78 Å². The van der Waals surface area contributed by atoms with Crippen molar-refractivity contribution in [1.29, 1.82) is 0 Å². The lowest BCUT2D eigenvalue weighted by molar-refractivity contribution is -0.129. The maximum atomic E-state index is 16.1. The van der Waals surface area contributed by atoms with Gasteiger partial charge in [0, 0.05) is 99.5 Å². The van der Waals surface area contributed by atoms with Crippen molar-refractivity contribution >= 4 is 44.9 Å². The summed E-state index contributed by atoms with van der Waals surface area (Å²) in [7, 11) is -3.83. The molecule has 5 fully saturated rings. The Hall–Kier alpha value is -2.95. The zero-order chi connectivity index (χ0) is 36.8. The molecule has 4 atom stereocenters. The number of hydrogen-bond acceptors (Lipinski definition) is 9. The van der Waals surface area contributed by atoms with Crippen molar-refractivity contribution in [2.75, 3.05) is 55.6 Å². The van der Waals surface area contributed by atoms with Gasteiger partial charge in [0.15, 0.2) is 0 Å². The SMILES string of the molecule is N[C@@H]1CC(=O)N(c2ccc(S(=O)(=O)N3CCN(c4cc(C(F)(F)[C@H]5CC[C@H](C(=O)N[C@H]6CC[C@@H](N7CC[C@@H](N)C7)C6)CC5)cc(Cl)n4)CC3)cc2)C1. The van der Waals surface area contributed by atoms with Gasteiger partial charge in [-0.3, -0.25) is 14.5 Å². The van der Waals surface area contributed by atoms with Gasteiger partial charge in [0.2, 0.25) is 21.8 Å². The first kappa shape index (κ1) is 37.4. The van der Waals surface area contributed by atoms with Crippen molar-refractivity contribution in [3.05, 3.63) is 47.1 Å². The summed E-state index contributed by atoms with van der Waals surface area (Å²) in [5.74, 6) is -4.25. The standard InChI is InChI=1S/C36H49ClF2N8O4S/c37-32-17-25(36(38,39)24-3-1-23(2-4-24)35(49)42-28-5-6-30(20-28)45-12-11-26(40)21-45)18-33(43-32)44-13-15-46(16-14-44)52(50,51)31-9-7-29(8-10-31)47-22-27(41)19-34(47)48/h7-10,17-18,23-24,26-28,30H,1-6,11-16,19-22,40-41H2,(H,42,49)/t23-,24-,26-,27-,28+,30-/m1/s1. The number of likely N-dealkylation sites (tertiary alicyclic amines) is 1. The smallest absolute Gasteiger partial charge is 0.276 e. The van der Waals surface area contributed by atoms with Gasteiger partial charge >= 0.3 is 0 Å². The van der Waals surface area contributed by atoms with Crippen LogP contribution in [0.4, 0.5) is 20.3 Å². The monoisotopic (exact) mass is 762 g/mol. The molecule has 5 N–H and O–H groups in total. The van der Waals surface area contributed by atoms with Gasteiger partial charge in [0.25, 0.3) is 5.92 Å². The van der Waals surface area contributed by atoms with E-state index in [0.717, 1.165) is 38.8 Å². The zero-order valence-electron chi connectivity index (χ0n) is 29.3. The molecule has 2 aliphatic carbocycles. The van der Waals surface area contributed by atoms with Crippen molar-refractivity contribution in [2.45, 2.75) is 92.8 Å². The van der Waals surface area contributed by atoms with Crippen LogP contribution in [0.15, 0.2) is 41.3 Å². The average molecular weight is 763 g/mol. The van der Waals surface area contributed by atoms with E-state index in [-0.39, 0.29) is 103 Å². The molecule has 3 saturated heterocycles. The molecule has 2 amide bonds. The van der Waals surface area contributed by atoms with Crippen molar-refractivity contribution in [2.24, 2.45) is 23.3 Å². The first-order valence-corrected chi connectivity index (χ1v) is 20.4. The molecular weight excluding hydrogens is 714 g/mol. The van der Waals surface area contributed by atoms with Crippen molar-refractivity contribution < 1.29 is 26.8 Å². The van der Waals surface area contributed by atoms with Gasteiger partial charge < -0.3 is 26.6 Å². The normalized spacial score (nSPS) is 29.6. The molecule has 0 radical (unpaired) electrons. The predicted octanol–water partition coefficient (Wildman–Crippen LogP) is 3.28. The van der Waals surface area contributed by atoms with Crippen LogP contribution >= 0.6 is 11.6 Å².